The Bertz CT molecular complexity index is 772. The van der Waals surface area contributed by atoms with Gasteiger partial charge in [-0.3, -0.25) is 20.2 Å². The van der Waals surface area contributed by atoms with Gasteiger partial charge in [0.25, 0.3) is 11.4 Å². The monoisotopic (exact) mass is 302 g/mol. The van der Waals surface area contributed by atoms with E-state index in [1.165, 1.54) is 30.3 Å². The van der Waals surface area contributed by atoms with Crippen LogP contribution in [0, 0.1) is 20.2 Å². The van der Waals surface area contributed by atoms with Gasteiger partial charge >= 0.3 is 5.97 Å². The molecule has 0 radical (unpaired) electrons. The van der Waals surface area contributed by atoms with E-state index in [0.29, 0.717) is 0 Å². The van der Waals surface area contributed by atoms with Gasteiger partial charge in [-0.25, -0.2) is 4.79 Å². The molecule has 0 saturated carbocycles. The van der Waals surface area contributed by atoms with Crippen molar-refractivity contribution >= 4 is 17.3 Å². The third-order valence-corrected chi connectivity index (χ3v) is 3.01. The van der Waals surface area contributed by atoms with E-state index in [9.17, 15) is 25.0 Å². The molecule has 8 nitrogen and oxygen atoms in total. The van der Waals surface area contributed by atoms with E-state index >= 15 is 0 Å². The van der Waals surface area contributed by atoms with Crippen LogP contribution in [0.1, 0.15) is 10.4 Å². The highest BCUT2D eigenvalue weighted by molar-refractivity contribution is 5.99. The molecule has 0 aliphatic rings. The second-order valence-corrected chi connectivity index (χ2v) is 4.25. The number of benzene rings is 2. The second kappa shape index (κ2) is 6.00. The van der Waals surface area contributed by atoms with E-state index in [4.69, 9.17) is 0 Å². The maximum atomic E-state index is 11.8. The van der Waals surface area contributed by atoms with Gasteiger partial charge in [0.15, 0.2) is 0 Å². The predicted molar refractivity (Wildman–Crippen MR) is 76.5 cm³/mol. The Labute approximate surface area is 124 Å². The van der Waals surface area contributed by atoms with Gasteiger partial charge in [-0.15, -0.1) is 0 Å². The average Bonchev–Trinajstić information content (AvgIpc) is 2.53. The third kappa shape index (κ3) is 2.75. The van der Waals surface area contributed by atoms with Crippen molar-refractivity contribution in [3.05, 3.63) is 68.3 Å². The Morgan fingerprint density at radius 3 is 2.27 bits per heavy atom. The van der Waals surface area contributed by atoms with Gasteiger partial charge in [0.05, 0.1) is 28.1 Å². The van der Waals surface area contributed by atoms with E-state index in [0.717, 1.165) is 13.2 Å². The van der Waals surface area contributed by atoms with Crippen LogP contribution in [-0.2, 0) is 4.74 Å². The number of carbonyl (C=O) groups excluding carboxylic acids is 1. The van der Waals surface area contributed by atoms with Crippen LogP contribution < -0.4 is 0 Å². The molecule has 2 rings (SSSR count). The smallest absolute Gasteiger partial charge is 0.338 e. The molecule has 0 fully saturated rings. The van der Waals surface area contributed by atoms with Crippen molar-refractivity contribution in [1.29, 1.82) is 0 Å². The number of nitro benzene ring substituents is 2. The first kappa shape index (κ1) is 15.1. The van der Waals surface area contributed by atoms with Gasteiger partial charge in [-0.05, 0) is 12.1 Å². The zero-order chi connectivity index (χ0) is 16.3. The maximum absolute atomic E-state index is 11.8. The number of ether oxygens (including phenoxy) is 1. The van der Waals surface area contributed by atoms with Gasteiger partial charge in [0, 0.05) is 23.8 Å². The van der Waals surface area contributed by atoms with Crippen molar-refractivity contribution in [2.75, 3.05) is 7.11 Å². The lowest BCUT2D eigenvalue weighted by molar-refractivity contribution is -0.385. The summed E-state index contributed by atoms with van der Waals surface area (Å²) in [4.78, 5) is 32.5. The molecule has 0 bridgehead atoms. The molecule has 22 heavy (non-hydrogen) atoms. The zero-order valence-corrected chi connectivity index (χ0v) is 11.4. The van der Waals surface area contributed by atoms with Gasteiger partial charge < -0.3 is 4.74 Å². The largest absolute Gasteiger partial charge is 0.465 e. The summed E-state index contributed by atoms with van der Waals surface area (Å²) in [7, 11) is 1.13. The number of rotatable bonds is 4. The number of nitro groups is 2. The molecule has 0 saturated heterocycles. The number of hydrogen-bond acceptors (Lipinski definition) is 6. The van der Waals surface area contributed by atoms with Crippen LogP contribution >= 0.6 is 0 Å². The van der Waals surface area contributed by atoms with Gasteiger partial charge in [0.1, 0.15) is 0 Å². The summed E-state index contributed by atoms with van der Waals surface area (Å²) >= 11 is 0. The van der Waals surface area contributed by atoms with Crippen molar-refractivity contribution in [1.82, 2.24) is 0 Å². The highest BCUT2D eigenvalue weighted by Gasteiger charge is 2.23. The lowest BCUT2D eigenvalue weighted by Gasteiger charge is -2.08. The Morgan fingerprint density at radius 1 is 1.00 bits per heavy atom. The van der Waals surface area contributed by atoms with Gasteiger partial charge in [-0.2, -0.15) is 0 Å². The molecular formula is C14H10N2O6. The van der Waals surface area contributed by atoms with Gasteiger partial charge in [-0.1, -0.05) is 12.1 Å². The first-order valence-electron chi connectivity index (χ1n) is 6.06. The summed E-state index contributed by atoms with van der Waals surface area (Å²) in [5, 5.41) is 21.9. The summed E-state index contributed by atoms with van der Waals surface area (Å²) in [6.07, 6.45) is 0. The normalized spacial score (nSPS) is 10.0. The molecule has 0 heterocycles. The number of nitrogens with zero attached hydrogens (tertiary/aromatic N) is 2. The quantitative estimate of drug-likeness (QED) is 0.487. The summed E-state index contributed by atoms with van der Waals surface area (Å²) in [6.45, 7) is 0. The Balaban J connectivity index is 2.73. The van der Waals surface area contributed by atoms with Gasteiger partial charge in [0.2, 0.25) is 0 Å². The molecule has 112 valence electrons. The standard InChI is InChI=1S/C14H10N2O6/c1-22-14(17)12-8-9(15(18)19)6-7-10(12)11-4-2-3-5-13(11)16(20)21/h2-8H,1H3. The van der Waals surface area contributed by atoms with Crippen molar-refractivity contribution in [3.8, 4) is 11.1 Å². The number of para-hydroxylation sites is 1. The molecule has 0 N–H and O–H groups in total. The van der Waals surface area contributed by atoms with Crippen molar-refractivity contribution in [2.45, 2.75) is 0 Å². The highest BCUT2D eigenvalue weighted by atomic mass is 16.6. The SMILES string of the molecule is COC(=O)c1cc([N+](=O)[O-])ccc1-c1ccccc1[N+](=O)[O-]. The van der Waals surface area contributed by atoms with Crippen LogP contribution in [-0.4, -0.2) is 22.9 Å². The average molecular weight is 302 g/mol. The Kier molecular flexibility index (Phi) is 4.12. The van der Waals surface area contributed by atoms with E-state index in [1.807, 2.05) is 0 Å². The fourth-order valence-electron chi connectivity index (χ4n) is 2.02. The maximum Gasteiger partial charge on any atom is 0.338 e. The second-order valence-electron chi connectivity index (χ2n) is 4.25. The summed E-state index contributed by atoms with van der Waals surface area (Å²) in [5.41, 5.74) is -0.234. The molecule has 0 unspecified atom stereocenters. The molecule has 2 aromatic carbocycles. The van der Waals surface area contributed by atoms with Crippen LogP contribution in [0.2, 0.25) is 0 Å². The highest BCUT2D eigenvalue weighted by Crippen LogP contribution is 2.34. The van der Waals surface area contributed by atoms with Crippen LogP contribution in [0.25, 0.3) is 11.1 Å². The van der Waals surface area contributed by atoms with Crippen LogP contribution in [0.15, 0.2) is 42.5 Å². The van der Waals surface area contributed by atoms with E-state index in [1.54, 1.807) is 6.07 Å². The zero-order valence-electron chi connectivity index (χ0n) is 11.4. The third-order valence-electron chi connectivity index (χ3n) is 3.01. The molecule has 0 amide bonds. The minimum atomic E-state index is -0.808. The van der Waals surface area contributed by atoms with Crippen LogP contribution in [0.3, 0.4) is 0 Å². The number of carbonyl (C=O) groups is 1. The molecule has 0 aliphatic heterocycles. The fourth-order valence-corrected chi connectivity index (χ4v) is 2.02. The van der Waals surface area contributed by atoms with E-state index in [2.05, 4.69) is 4.74 Å². The first-order valence-corrected chi connectivity index (χ1v) is 6.06. The lowest BCUT2D eigenvalue weighted by atomic mass is 9.97. The van der Waals surface area contributed by atoms with Crippen molar-refractivity contribution in [2.24, 2.45) is 0 Å². The Hall–Kier alpha value is -3.29. The summed E-state index contributed by atoms with van der Waals surface area (Å²) in [5.74, 6) is -0.808. The molecule has 0 aromatic heterocycles. The number of methoxy groups -OCH3 is 1. The number of esters is 1. The Morgan fingerprint density at radius 2 is 1.68 bits per heavy atom. The molecule has 0 spiro atoms. The van der Waals surface area contributed by atoms with Crippen LogP contribution in [0.5, 0.6) is 0 Å². The first-order chi connectivity index (χ1) is 10.5. The van der Waals surface area contributed by atoms with E-state index < -0.39 is 15.8 Å². The number of non-ortho nitro benzene ring substituents is 1. The summed E-state index contributed by atoms with van der Waals surface area (Å²) in [6, 6.07) is 9.34. The molecule has 0 atom stereocenters. The number of hydrogen-bond donors (Lipinski definition) is 0. The molecule has 2 aromatic rings. The fraction of sp³-hybridized carbons (Fsp3) is 0.0714. The molecule has 0 aliphatic carbocycles. The lowest BCUT2D eigenvalue weighted by Crippen LogP contribution is -2.05. The van der Waals surface area contributed by atoms with E-state index in [-0.39, 0.29) is 28.1 Å². The van der Waals surface area contributed by atoms with Crippen molar-refractivity contribution in [3.63, 3.8) is 0 Å². The molecule has 8 heteroatoms. The van der Waals surface area contributed by atoms with Crippen molar-refractivity contribution < 1.29 is 19.4 Å². The minimum absolute atomic E-state index is 0.106. The predicted octanol–water partition coefficient (Wildman–Crippen LogP) is 2.96. The minimum Gasteiger partial charge on any atom is -0.465 e. The summed E-state index contributed by atoms with van der Waals surface area (Å²) < 4.78 is 4.60. The van der Waals surface area contributed by atoms with Crippen LogP contribution in [0.4, 0.5) is 11.4 Å². The molecular weight excluding hydrogens is 292 g/mol. The topological polar surface area (TPSA) is 113 Å².